The average Bonchev–Trinajstić information content (AvgIpc) is 2.78. The first kappa shape index (κ1) is 11.3. The minimum atomic E-state index is -1.11. The third-order valence-corrected chi connectivity index (χ3v) is 2.32. The van der Waals surface area contributed by atoms with Crippen molar-refractivity contribution in [2.24, 2.45) is 0 Å². The zero-order chi connectivity index (χ0) is 12.3. The quantitative estimate of drug-likeness (QED) is 0.878. The van der Waals surface area contributed by atoms with Crippen LogP contribution in [0.4, 0.5) is 0 Å². The third kappa shape index (κ3) is 2.66. The van der Waals surface area contributed by atoms with Gasteiger partial charge in [0.05, 0.1) is 0 Å². The van der Waals surface area contributed by atoms with Crippen molar-refractivity contribution in [1.29, 1.82) is 0 Å². The predicted octanol–water partition coefficient (Wildman–Crippen LogP) is 3.33. The fourth-order valence-electron chi connectivity index (χ4n) is 1.43. The normalized spacial score (nSPS) is 10.2. The van der Waals surface area contributed by atoms with Gasteiger partial charge in [-0.1, -0.05) is 19.1 Å². The number of rotatable bonds is 4. The molecule has 0 atom stereocenters. The van der Waals surface area contributed by atoms with Gasteiger partial charge in [0.25, 0.3) is 5.95 Å². The standard InChI is InChI=1S/C13H12O4/c1-2-9-4-3-5-10(8-9)16-12-7-6-11(17-12)13(14)15/h3-8H,2H2,1H3,(H,14,15). The molecule has 17 heavy (non-hydrogen) atoms. The Hall–Kier alpha value is -2.23. The Kier molecular flexibility index (Phi) is 3.14. The van der Waals surface area contributed by atoms with Crippen LogP contribution in [0, 0.1) is 0 Å². The van der Waals surface area contributed by atoms with E-state index in [0.29, 0.717) is 5.75 Å². The van der Waals surface area contributed by atoms with E-state index >= 15 is 0 Å². The van der Waals surface area contributed by atoms with Gasteiger partial charge in [-0.3, -0.25) is 0 Å². The predicted molar refractivity (Wildman–Crippen MR) is 61.6 cm³/mol. The Morgan fingerprint density at radius 1 is 1.35 bits per heavy atom. The lowest BCUT2D eigenvalue weighted by Crippen LogP contribution is -1.91. The fourth-order valence-corrected chi connectivity index (χ4v) is 1.43. The van der Waals surface area contributed by atoms with Crippen LogP contribution in [0.5, 0.6) is 11.7 Å². The zero-order valence-electron chi connectivity index (χ0n) is 9.34. The van der Waals surface area contributed by atoms with Gasteiger partial charge in [-0.05, 0) is 30.2 Å². The van der Waals surface area contributed by atoms with Gasteiger partial charge >= 0.3 is 5.97 Å². The lowest BCUT2D eigenvalue weighted by atomic mass is 10.2. The number of ether oxygens (including phenoxy) is 1. The highest BCUT2D eigenvalue weighted by Gasteiger charge is 2.10. The van der Waals surface area contributed by atoms with E-state index in [9.17, 15) is 4.79 Å². The summed E-state index contributed by atoms with van der Waals surface area (Å²) in [6.45, 7) is 2.05. The maximum atomic E-state index is 10.6. The molecule has 0 saturated heterocycles. The second-order valence-electron chi connectivity index (χ2n) is 3.53. The summed E-state index contributed by atoms with van der Waals surface area (Å²) in [5.41, 5.74) is 1.15. The van der Waals surface area contributed by atoms with Crippen LogP contribution in [-0.4, -0.2) is 11.1 Å². The molecule has 0 bridgehead atoms. The van der Waals surface area contributed by atoms with E-state index in [2.05, 4.69) is 6.92 Å². The van der Waals surface area contributed by atoms with Gasteiger partial charge in [0.15, 0.2) is 0 Å². The second kappa shape index (κ2) is 4.74. The van der Waals surface area contributed by atoms with E-state index in [-0.39, 0.29) is 11.7 Å². The van der Waals surface area contributed by atoms with E-state index in [1.165, 1.54) is 12.1 Å². The molecular weight excluding hydrogens is 220 g/mol. The topological polar surface area (TPSA) is 59.7 Å². The van der Waals surface area contributed by atoms with Crippen molar-refractivity contribution in [3.8, 4) is 11.7 Å². The number of hydrogen-bond donors (Lipinski definition) is 1. The molecule has 0 spiro atoms. The molecule has 0 aliphatic heterocycles. The smallest absolute Gasteiger partial charge is 0.371 e. The molecule has 0 amide bonds. The molecule has 88 valence electrons. The van der Waals surface area contributed by atoms with Gasteiger partial charge < -0.3 is 14.3 Å². The van der Waals surface area contributed by atoms with Gasteiger partial charge in [-0.2, -0.15) is 0 Å². The summed E-state index contributed by atoms with van der Waals surface area (Å²) in [5.74, 6) is -0.430. The van der Waals surface area contributed by atoms with Crippen LogP contribution in [0.3, 0.4) is 0 Å². The van der Waals surface area contributed by atoms with E-state index in [0.717, 1.165) is 12.0 Å². The highest BCUT2D eigenvalue weighted by Crippen LogP contribution is 2.24. The molecule has 0 saturated carbocycles. The molecule has 4 heteroatoms. The van der Waals surface area contributed by atoms with Gasteiger partial charge in [0.1, 0.15) is 5.75 Å². The molecule has 1 aromatic heterocycles. The van der Waals surface area contributed by atoms with Crippen molar-refractivity contribution in [3.05, 3.63) is 47.7 Å². The molecule has 2 rings (SSSR count). The minimum absolute atomic E-state index is 0.133. The number of carboxylic acids is 1. The minimum Gasteiger partial charge on any atom is -0.475 e. The number of furan rings is 1. The number of aromatic carboxylic acids is 1. The van der Waals surface area contributed by atoms with Crippen LogP contribution in [0.15, 0.2) is 40.8 Å². The van der Waals surface area contributed by atoms with Gasteiger partial charge in [-0.15, -0.1) is 0 Å². The molecule has 0 radical (unpaired) electrons. The molecule has 4 nitrogen and oxygen atoms in total. The van der Waals surface area contributed by atoms with Gasteiger partial charge in [0.2, 0.25) is 5.76 Å². The Morgan fingerprint density at radius 2 is 2.18 bits per heavy atom. The zero-order valence-corrected chi connectivity index (χ0v) is 9.34. The number of benzene rings is 1. The molecule has 0 aliphatic carbocycles. The molecule has 0 aliphatic rings. The number of carboxylic acid groups (broad SMARTS) is 1. The molecule has 2 aromatic rings. The van der Waals surface area contributed by atoms with Gasteiger partial charge in [-0.25, -0.2) is 4.79 Å². The summed E-state index contributed by atoms with van der Waals surface area (Å²) >= 11 is 0. The van der Waals surface area contributed by atoms with Crippen molar-refractivity contribution >= 4 is 5.97 Å². The van der Waals surface area contributed by atoms with Crippen LogP contribution < -0.4 is 4.74 Å². The number of hydrogen-bond acceptors (Lipinski definition) is 3. The van der Waals surface area contributed by atoms with Crippen LogP contribution in [0.2, 0.25) is 0 Å². The third-order valence-electron chi connectivity index (χ3n) is 2.32. The van der Waals surface area contributed by atoms with E-state index in [1.54, 1.807) is 6.07 Å². The second-order valence-corrected chi connectivity index (χ2v) is 3.53. The fraction of sp³-hybridized carbons (Fsp3) is 0.154. The summed E-state index contributed by atoms with van der Waals surface area (Å²) in [6, 6.07) is 10.4. The number of carbonyl (C=O) groups is 1. The lowest BCUT2D eigenvalue weighted by Gasteiger charge is -2.03. The first-order chi connectivity index (χ1) is 8.19. The van der Waals surface area contributed by atoms with E-state index < -0.39 is 5.97 Å². The SMILES string of the molecule is CCc1cccc(Oc2ccc(C(=O)O)o2)c1. The molecule has 1 aromatic carbocycles. The molecule has 0 fully saturated rings. The molecular formula is C13H12O4. The summed E-state index contributed by atoms with van der Waals surface area (Å²) < 4.78 is 10.4. The Balaban J connectivity index is 2.16. The molecule has 1 N–H and O–H groups in total. The summed E-state index contributed by atoms with van der Waals surface area (Å²) in [4.78, 5) is 10.6. The van der Waals surface area contributed by atoms with Crippen molar-refractivity contribution in [3.63, 3.8) is 0 Å². The van der Waals surface area contributed by atoms with E-state index in [1.807, 2.05) is 18.2 Å². The van der Waals surface area contributed by atoms with Crippen molar-refractivity contribution in [2.45, 2.75) is 13.3 Å². The first-order valence-corrected chi connectivity index (χ1v) is 5.29. The lowest BCUT2D eigenvalue weighted by molar-refractivity contribution is 0.0657. The average molecular weight is 232 g/mol. The first-order valence-electron chi connectivity index (χ1n) is 5.29. The van der Waals surface area contributed by atoms with Crippen LogP contribution in [0.1, 0.15) is 23.0 Å². The molecule has 0 unspecified atom stereocenters. The largest absolute Gasteiger partial charge is 0.475 e. The molecule has 1 heterocycles. The Bertz CT molecular complexity index is 528. The van der Waals surface area contributed by atoms with Crippen molar-refractivity contribution in [1.82, 2.24) is 0 Å². The van der Waals surface area contributed by atoms with Crippen LogP contribution in [0.25, 0.3) is 0 Å². The highest BCUT2D eigenvalue weighted by atomic mass is 16.6. The highest BCUT2D eigenvalue weighted by molar-refractivity contribution is 5.84. The monoisotopic (exact) mass is 232 g/mol. The van der Waals surface area contributed by atoms with Crippen molar-refractivity contribution in [2.75, 3.05) is 0 Å². The Morgan fingerprint density at radius 3 is 2.82 bits per heavy atom. The Labute approximate surface area is 98.4 Å². The summed E-state index contributed by atoms with van der Waals surface area (Å²) in [6.07, 6.45) is 0.912. The van der Waals surface area contributed by atoms with Crippen LogP contribution >= 0.6 is 0 Å². The maximum absolute atomic E-state index is 10.6. The maximum Gasteiger partial charge on any atom is 0.371 e. The summed E-state index contributed by atoms with van der Waals surface area (Å²) in [7, 11) is 0. The van der Waals surface area contributed by atoms with Crippen LogP contribution in [-0.2, 0) is 6.42 Å². The van der Waals surface area contributed by atoms with Gasteiger partial charge in [0, 0.05) is 6.07 Å². The summed E-state index contributed by atoms with van der Waals surface area (Å²) in [5, 5.41) is 8.70. The number of aryl methyl sites for hydroxylation is 1. The van der Waals surface area contributed by atoms with E-state index in [4.69, 9.17) is 14.3 Å². The van der Waals surface area contributed by atoms with Crippen molar-refractivity contribution < 1.29 is 19.1 Å².